The molecule has 2 heterocycles. The summed E-state index contributed by atoms with van der Waals surface area (Å²) in [4.78, 5) is 11.1. The fourth-order valence-corrected chi connectivity index (χ4v) is 2.11. The minimum atomic E-state index is 0. The van der Waals surface area contributed by atoms with Gasteiger partial charge in [-0.3, -0.25) is 14.9 Å². The Kier molecular flexibility index (Phi) is 8.44. The first-order chi connectivity index (χ1) is 7.78. The van der Waals surface area contributed by atoms with Gasteiger partial charge in [0.2, 0.25) is 0 Å². The van der Waals surface area contributed by atoms with Gasteiger partial charge < -0.3 is 5.32 Å². The average molecular weight is 293 g/mol. The number of aryl methyl sites for hydroxylation is 1. The molecule has 104 valence electrons. The van der Waals surface area contributed by atoms with E-state index in [4.69, 9.17) is 0 Å². The van der Waals surface area contributed by atoms with Crippen molar-refractivity contribution in [3.8, 4) is 0 Å². The Morgan fingerprint density at radius 2 is 1.89 bits per heavy atom. The van der Waals surface area contributed by atoms with E-state index in [0.717, 1.165) is 31.0 Å². The molecule has 1 aliphatic heterocycles. The molecule has 0 amide bonds. The maximum absolute atomic E-state index is 4.39. The zero-order valence-electron chi connectivity index (χ0n) is 10.9. The lowest BCUT2D eigenvalue weighted by atomic mass is 10.1. The third-order valence-electron chi connectivity index (χ3n) is 3.22. The summed E-state index contributed by atoms with van der Waals surface area (Å²) < 4.78 is 0. The van der Waals surface area contributed by atoms with Crippen molar-refractivity contribution in [3.63, 3.8) is 0 Å². The van der Waals surface area contributed by atoms with Crippen LogP contribution in [0.4, 0.5) is 0 Å². The summed E-state index contributed by atoms with van der Waals surface area (Å²) >= 11 is 0. The molecule has 0 spiro atoms. The van der Waals surface area contributed by atoms with Crippen LogP contribution in [-0.4, -0.2) is 41.0 Å². The molecule has 0 aromatic carbocycles. The largest absolute Gasteiger partial charge is 0.317 e. The van der Waals surface area contributed by atoms with Gasteiger partial charge in [0.15, 0.2) is 0 Å². The van der Waals surface area contributed by atoms with Crippen molar-refractivity contribution < 1.29 is 0 Å². The Labute approximate surface area is 121 Å². The van der Waals surface area contributed by atoms with Gasteiger partial charge in [0.05, 0.1) is 11.4 Å². The van der Waals surface area contributed by atoms with Gasteiger partial charge in [-0.05, 0) is 26.8 Å². The highest BCUT2D eigenvalue weighted by Gasteiger charge is 2.17. The van der Waals surface area contributed by atoms with E-state index in [0.29, 0.717) is 6.04 Å². The highest BCUT2D eigenvalue weighted by molar-refractivity contribution is 5.85. The van der Waals surface area contributed by atoms with Crippen LogP contribution in [-0.2, 0) is 6.54 Å². The Bertz CT molecular complexity index is 323. The number of nitrogens with one attached hydrogen (secondary N) is 1. The molecular formula is C12H22Cl2N4. The van der Waals surface area contributed by atoms with Gasteiger partial charge in [0.1, 0.15) is 0 Å². The molecule has 0 radical (unpaired) electrons. The van der Waals surface area contributed by atoms with Gasteiger partial charge in [-0.25, -0.2) is 0 Å². The summed E-state index contributed by atoms with van der Waals surface area (Å²) in [6, 6.07) is 0.695. The van der Waals surface area contributed by atoms with E-state index in [1.165, 1.54) is 12.8 Å². The maximum atomic E-state index is 4.39. The number of hydrogen-bond donors (Lipinski definition) is 1. The monoisotopic (exact) mass is 292 g/mol. The van der Waals surface area contributed by atoms with Crippen molar-refractivity contribution >= 4 is 24.8 Å². The van der Waals surface area contributed by atoms with E-state index in [1.54, 1.807) is 0 Å². The van der Waals surface area contributed by atoms with Crippen LogP contribution in [0, 0.1) is 6.92 Å². The van der Waals surface area contributed by atoms with Crippen LogP contribution in [0.2, 0.25) is 0 Å². The lowest BCUT2D eigenvalue weighted by Gasteiger charge is -2.31. The van der Waals surface area contributed by atoms with Crippen LogP contribution in [0.5, 0.6) is 0 Å². The van der Waals surface area contributed by atoms with Gasteiger partial charge in [-0.15, -0.1) is 24.8 Å². The van der Waals surface area contributed by atoms with Crippen LogP contribution >= 0.6 is 24.8 Å². The minimum absolute atomic E-state index is 0. The van der Waals surface area contributed by atoms with Crippen LogP contribution in [0.3, 0.4) is 0 Å². The second-order valence-electron chi connectivity index (χ2n) is 4.49. The molecule has 1 aromatic rings. The average Bonchev–Trinajstić information content (AvgIpc) is 2.33. The number of halogens is 2. The predicted octanol–water partition coefficient (Wildman–Crippen LogP) is 1.81. The lowest BCUT2D eigenvalue weighted by Crippen LogP contribution is -2.40. The molecule has 0 saturated carbocycles. The summed E-state index contributed by atoms with van der Waals surface area (Å²) in [7, 11) is 2.05. The smallest absolute Gasteiger partial charge is 0.0727 e. The fraction of sp³-hybridized carbons (Fsp3) is 0.667. The summed E-state index contributed by atoms with van der Waals surface area (Å²) in [5.41, 5.74) is 2.06. The first-order valence-corrected chi connectivity index (χ1v) is 5.95. The molecule has 1 saturated heterocycles. The summed E-state index contributed by atoms with van der Waals surface area (Å²) in [6.07, 6.45) is 6.20. The van der Waals surface area contributed by atoms with Crippen molar-refractivity contribution in [2.45, 2.75) is 32.4 Å². The summed E-state index contributed by atoms with van der Waals surface area (Å²) in [6.45, 7) is 5.21. The second kappa shape index (κ2) is 8.64. The molecule has 1 aromatic heterocycles. The normalized spacial score (nSPS) is 16.8. The van der Waals surface area contributed by atoms with Crippen LogP contribution in [0.1, 0.15) is 24.2 Å². The standard InChI is InChI=1S/C12H20N4.2ClH/c1-10-7-15-12(8-14-10)9-16-5-3-11(13-2)4-6-16;;/h7-8,11,13H,3-6,9H2,1-2H3;2*1H. The zero-order chi connectivity index (χ0) is 11.4. The number of rotatable bonds is 3. The Morgan fingerprint density at radius 1 is 1.22 bits per heavy atom. The van der Waals surface area contributed by atoms with Crippen LogP contribution < -0.4 is 5.32 Å². The van der Waals surface area contributed by atoms with E-state index < -0.39 is 0 Å². The Hall–Kier alpha value is -0.420. The fourth-order valence-electron chi connectivity index (χ4n) is 2.11. The first-order valence-electron chi connectivity index (χ1n) is 5.95. The van der Waals surface area contributed by atoms with Crippen molar-refractivity contribution in [1.82, 2.24) is 20.2 Å². The predicted molar refractivity (Wildman–Crippen MR) is 78.6 cm³/mol. The second-order valence-corrected chi connectivity index (χ2v) is 4.49. The molecule has 1 N–H and O–H groups in total. The van der Waals surface area contributed by atoms with Gasteiger partial charge in [0.25, 0.3) is 0 Å². The van der Waals surface area contributed by atoms with Crippen molar-refractivity contribution in [1.29, 1.82) is 0 Å². The van der Waals surface area contributed by atoms with Gasteiger partial charge >= 0.3 is 0 Å². The molecule has 0 atom stereocenters. The summed E-state index contributed by atoms with van der Waals surface area (Å²) in [5, 5.41) is 3.34. The van der Waals surface area contributed by atoms with Gasteiger partial charge in [0, 0.05) is 38.1 Å². The highest BCUT2D eigenvalue weighted by atomic mass is 35.5. The molecule has 0 bridgehead atoms. The number of nitrogens with zero attached hydrogens (tertiary/aromatic N) is 3. The van der Waals surface area contributed by atoms with E-state index in [1.807, 2.05) is 26.4 Å². The molecule has 1 aliphatic rings. The molecule has 0 unspecified atom stereocenters. The SMILES string of the molecule is CNC1CCN(Cc2cnc(C)cn2)CC1.Cl.Cl. The van der Waals surface area contributed by atoms with Gasteiger partial charge in [-0.2, -0.15) is 0 Å². The van der Waals surface area contributed by atoms with E-state index >= 15 is 0 Å². The number of likely N-dealkylation sites (tertiary alicyclic amines) is 1. The quantitative estimate of drug-likeness (QED) is 0.923. The molecule has 6 heteroatoms. The van der Waals surface area contributed by atoms with E-state index in [2.05, 4.69) is 20.2 Å². The molecule has 1 fully saturated rings. The number of aromatic nitrogens is 2. The van der Waals surface area contributed by atoms with Crippen LogP contribution in [0.25, 0.3) is 0 Å². The molecule has 2 rings (SSSR count). The number of piperidine rings is 1. The Balaban J connectivity index is 0.00000144. The molecule has 4 nitrogen and oxygen atoms in total. The van der Waals surface area contributed by atoms with Crippen molar-refractivity contribution in [2.24, 2.45) is 0 Å². The first kappa shape index (κ1) is 17.6. The van der Waals surface area contributed by atoms with E-state index in [-0.39, 0.29) is 24.8 Å². The van der Waals surface area contributed by atoms with Crippen molar-refractivity contribution in [3.05, 3.63) is 23.8 Å². The third-order valence-corrected chi connectivity index (χ3v) is 3.22. The maximum Gasteiger partial charge on any atom is 0.0727 e. The topological polar surface area (TPSA) is 41.0 Å². The molecular weight excluding hydrogens is 271 g/mol. The van der Waals surface area contributed by atoms with Crippen molar-refractivity contribution in [2.75, 3.05) is 20.1 Å². The highest BCUT2D eigenvalue weighted by Crippen LogP contribution is 2.12. The molecule has 18 heavy (non-hydrogen) atoms. The third kappa shape index (κ3) is 5.06. The zero-order valence-corrected chi connectivity index (χ0v) is 12.6. The lowest BCUT2D eigenvalue weighted by molar-refractivity contribution is 0.192. The minimum Gasteiger partial charge on any atom is -0.317 e. The van der Waals surface area contributed by atoms with E-state index in [9.17, 15) is 0 Å². The van der Waals surface area contributed by atoms with Gasteiger partial charge in [-0.1, -0.05) is 0 Å². The van der Waals surface area contributed by atoms with Crippen LogP contribution in [0.15, 0.2) is 12.4 Å². The number of hydrogen-bond acceptors (Lipinski definition) is 4. The Morgan fingerprint density at radius 3 is 2.39 bits per heavy atom. The molecule has 0 aliphatic carbocycles. The summed E-state index contributed by atoms with van der Waals surface area (Å²) in [5.74, 6) is 0.